The fraction of sp³-hybridized carbons (Fsp3) is 0.222. The molecule has 0 aliphatic heterocycles. The van der Waals surface area contributed by atoms with E-state index in [1.165, 1.54) is 6.21 Å². The third kappa shape index (κ3) is 6.93. The predicted molar refractivity (Wildman–Crippen MR) is 131 cm³/mol. The van der Waals surface area contributed by atoms with Gasteiger partial charge in [-0.15, -0.1) is 0 Å². The van der Waals surface area contributed by atoms with Crippen LogP contribution < -0.4 is 19.6 Å². The molecule has 0 aliphatic rings. The zero-order valence-corrected chi connectivity index (χ0v) is 19.5. The maximum Gasteiger partial charge on any atom is 0.343 e. The molecule has 0 radical (unpaired) electrons. The Balaban J connectivity index is 1.66. The molecule has 0 aliphatic carbocycles. The van der Waals surface area contributed by atoms with E-state index in [0.717, 1.165) is 12.0 Å². The molecule has 0 unspecified atom stereocenters. The van der Waals surface area contributed by atoms with Gasteiger partial charge in [0.15, 0.2) is 11.5 Å². The lowest BCUT2D eigenvalue weighted by atomic mass is 10.1. The molecule has 0 fully saturated rings. The van der Waals surface area contributed by atoms with E-state index >= 15 is 0 Å². The fourth-order valence-corrected chi connectivity index (χ4v) is 2.96. The number of esters is 1. The molecule has 7 nitrogen and oxygen atoms in total. The lowest BCUT2D eigenvalue weighted by Crippen LogP contribution is -2.17. The van der Waals surface area contributed by atoms with Crippen molar-refractivity contribution in [1.82, 2.24) is 5.43 Å². The van der Waals surface area contributed by atoms with E-state index in [1.807, 2.05) is 32.9 Å². The van der Waals surface area contributed by atoms with Gasteiger partial charge < -0.3 is 14.2 Å². The number of benzene rings is 3. The number of carbonyl (C=O) groups is 2. The first-order valence-corrected chi connectivity index (χ1v) is 11.1. The van der Waals surface area contributed by atoms with Gasteiger partial charge in [0.2, 0.25) is 0 Å². The highest BCUT2D eigenvalue weighted by atomic mass is 16.6. The SMILES string of the molecule is CCCOc1ccc(C(=O)Oc2ccc(/C=N\NC(=O)c3ccc(C)cc3)cc2OCC)cc1. The third-order valence-electron chi connectivity index (χ3n) is 4.73. The van der Waals surface area contributed by atoms with Gasteiger partial charge in [0.25, 0.3) is 5.91 Å². The molecule has 7 heteroatoms. The summed E-state index contributed by atoms with van der Waals surface area (Å²) in [5, 5.41) is 4.01. The molecule has 0 saturated heterocycles. The number of ether oxygens (including phenoxy) is 3. The standard InChI is InChI=1S/C27H28N2O5/c1-4-16-33-23-13-11-22(12-14-23)27(31)34-24-15-8-20(17-25(24)32-5-2)18-28-29-26(30)21-9-6-19(3)7-10-21/h6-15,17-18H,4-5,16H2,1-3H3,(H,29,30)/b28-18-. The van der Waals surface area contributed by atoms with Gasteiger partial charge in [-0.05, 0) is 80.4 Å². The van der Waals surface area contributed by atoms with E-state index in [4.69, 9.17) is 14.2 Å². The van der Waals surface area contributed by atoms with Crippen molar-refractivity contribution in [1.29, 1.82) is 0 Å². The summed E-state index contributed by atoms with van der Waals surface area (Å²) in [6.45, 7) is 6.82. The van der Waals surface area contributed by atoms with E-state index in [9.17, 15) is 9.59 Å². The van der Waals surface area contributed by atoms with Crippen LogP contribution in [0.2, 0.25) is 0 Å². The zero-order valence-electron chi connectivity index (χ0n) is 19.5. The molecular weight excluding hydrogens is 432 g/mol. The lowest BCUT2D eigenvalue weighted by molar-refractivity contribution is 0.0728. The van der Waals surface area contributed by atoms with Gasteiger partial charge in [-0.1, -0.05) is 24.6 Å². The molecule has 0 bridgehead atoms. The maximum atomic E-state index is 12.6. The second-order valence-corrected chi connectivity index (χ2v) is 7.47. The van der Waals surface area contributed by atoms with Crippen LogP contribution in [0.25, 0.3) is 0 Å². The van der Waals surface area contributed by atoms with Crippen LogP contribution in [0.15, 0.2) is 71.8 Å². The smallest absolute Gasteiger partial charge is 0.343 e. The Morgan fingerprint density at radius 1 is 0.882 bits per heavy atom. The molecule has 176 valence electrons. The topological polar surface area (TPSA) is 86.2 Å². The van der Waals surface area contributed by atoms with Crippen LogP contribution in [-0.2, 0) is 0 Å². The first kappa shape index (κ1) is 24.5. The Morgan fingerprint density at radius 2 is 1.59 bits per heavy atom. The van der Waals surface area contributed by atoms with Crippen LogP contribution in [-0.4, -0.2) is 31.3 Å². The number of aryl methyl sites for hydroxylation is 1. The van der Waals surface area contributed by atoms with E-state index in [1.54, 1.807) is 54.6 Å². The quantitative estimate of drug-likeness (QED) is 0.195. The van der Waals surface area contributed by atoms with E-state index in [2.05, 4.69) is 10.5 Å². The summed E-state index contributed by atoms with van der Waals surface area (Å²) in [5.74, 6) is 0.575. The molecule has 3 aromatic rings. The highest BCUT2D eigenvalue weighted by molar-refractivity contribution is 5.95. The average molecular weight is 461 g/mol. The van der Waals surface area contributed by atoms with Gasteiger partial charge in [0.05, 0.1) is 25.0 Å². The third-order valence-corrected chi connectivity index (χ3v) is 4.73. The number of rotatable bonds is 10. The second kappa shape index (κ2) is 12.2. The molecule has 3 aromatic carbocycles. The Morgan fingerprint density at radius 3 is 2.26 bits per heavy atom. The molecule has 0 spiro atoms. The lowest BCUT2D eigenvalue weighted by Gasteiger charge is -2.12. The Hall–Kier alpha value is -4.13. The Labute approximate surface area is 199 Å². The van der Waals surface area contributed by atoms with Crippen molar-refractivity contribution in [3.8, 4) is 17.2 Å². The molecule has 0 saturated carbocycles. The van der Waals surface area contributed by atoms with Gasteiger partial charge in [-0.2, -0.15) is 5.10 Å². The van der Waals surface area contributed by atoms with Crippen LogP contribution in [0.5, 0.6) is 17.2 Å². The van der Waals surface area contributed by atoms with Crippen molar-refractivity contribution in [2.45, 2.75) is 27.2 Å². The normalized spacial score (nSPS) is 10.7. The zero-order chi connectivity index (χ0) is 24.3. The van der Waals surface area contributed by atoms with Gasteiger partial charge in [-0.3, -0.25) is 4.79 Å². The largest absolute Gasteiger partial charge is 0.494 e. The number of hydrogen-bond acceptors (Lipinski definition) is 6. The molecule has 0 aromatic heterocycles. The summed E-state index contributed by atoms with van der Waals surface area (Å²) in [6, 6.07) is 19.0. The first-order chi connectivity index (χ1) is 16.5. The van der Waals surface area contributed by atoms with Gasteiger partial charge >= 0.3 is 5.97 Å². The van der Waals surface area contributed by atoms with Crippen molar-refractivity contribution in [2.24, 2.45) is 5.10 Å². The molecular formula is C27H28N2O5. The average Bonchev–Trinajstić information content (AvgIpc) is 2.85. The fourth-order valence-electron chi connectivity index (χ4n) is 2.96. The summed E-state index contributed by atoms with van der Waals surface area (Å²) >= 11 is 0. The molecule has 1 amide bonds. The summed E-state index contributed by atoms with van der Waals surface area (Å²) in [7, 11) is 0. The highest BCUT2D eigenvalue weighted by Crippen LogP contribution is 2.29. The van der Waals surface area contributed by atoms with Crippen LogP contribution >= 0.6 is 0 Å². The number of hydrogen-bond donors (Lipinski definition) is 1. The maximum absolute atomic E-state index is 12.6. The van der Waals surface area contributed by atoms with Gasteiger partial charge in [0.1, 0.15) is 5.75 Å². The van der Waals surface area contributed by atoms with Gasteiger partial charge in [0, 0.05) is 5.56 Å². The van der Waals surface area contributed by atoms with Crippen LogP contribution in [0.3, 0.4) is 0 Å². The van der Waals surface area contributed by atoms with E-state index in [-0.39, 0.29) is 5.91 Å². The molecule has 0 heterocycles. The minimum atomic E-state index is -0.505. The van der Waals surface area contributed by atoms with Crippen molar-refractivity contribution < 1.29 is 23.8 Å². The summed E-state index contributed by atoms with van der Waals surface area (Å²) in [5.41, 5.74) is 5.16. The van der Waals surface area contributed by atoms with Crippen molar-refractivity contribution >= 4 is 18.1 Å². The number of hydrazone groups is 1. The summed E-state index contributed by atoms with van der Waals surface area (Å²) in [6.07, 6.45) is 2.40. The predicted octanol–water partition coefficient (Wildman–Crippen LogP) is 5.17. The number of nitrogens with zero attached hydrogens (tertiary/aromatic N) is 1. The number of carbonyl (C=O) groups excluding carboxylic acids is 2. The molecule has 3 rings (SSSR count). The second-order valence-electron chi connectivity index (χ2n) is 7.47. The van der Waals surface area contributed by atoms with Crippen molar-refractivity contribution in [3.63, 3.8) is 0 Å². The summed E-state index contributed by atoms with van der Waals surface area (Å²) < 4.78 is 16.7. The van der Waals surface area contributed by atoms with E-state index in [0.29, 0.717) is 47.2 Å². The molecule has 1 N–H and O–H groups in total. The highest BCUT2D eigenvalue weighted by Gasteiger charge is 2.13. The Kier molecular flexibility index (Phi) is 8.80. The van der Waals surface area contributed by atoms with Crippen LogP contribution in [0, 0.1) is 6.92 Å². The van der Waals surface area contributed by atoms with Crippen LogP contribution in [0.1, 0.15) is 52.1 Å². The molecule has 0 atom stereocenters. The van der Waals surface area contributed by atoms with Crippen LogP contribution in [0.4, 0.5) is 0 Å². The number of amides is 1. The number of nitrogens with one attached hydrogen (secondary N) is 1. The first-order valence-electron chi connectivity index (χ1n) is 11.1. The van der Waals surface area contributed by atoms with E-state index < -0.39 is 5.97 Å². The Bertz CT molecular complexity index is 1140. The molecule has 34 heavy (non-hydrogen) atoms. The minimum absolute atomic E-state index is 0.291. The summed E-state index contributed by atoms with van der Waals surface area (Å²) in [4.78, 5) is 24.8. The van der Waals surface area contributed by atoms with Crippen molar-refractivity contribution in [3.05, 3.63) is 89.0 Å². The van der Waals surface area contributed by atoms with Crippen molar-refractivity contribution in [2.75, 3.05) is 13.2 Å². The monoisotopic (exact) mass is 460 g/mol. The minimum Gasteiger partial charge on any atom is -0.494 e. The van der Waals surface area contributed by atoms with Gasteiger partial charge in [-0.25, -0.2) is 10.2 Å².